The summed E-state index contributed by atoms with van der Waals surface area (Å²) < 4.78 is 6.22. The second-order valence-electron chi connectivity index (χ2n) is 7.23. The van der Waals surface area contributed by atoms with Crippen LogP contribution in [0.5, 0.6) is 0 Å². The van der Waals surface area contributed by atoms with Gasteiger partial charge in [-0.3, -0.25) is 4.79 Å². The third-order valence-electron chi connectivity index (χ3n) is 6.06. The van der Waals surface area contributed by atoms with E-state index in [2.05, 4.69) is 6.92 Å². The molecule has 0 unspecified atom stereocenters. The van der Waals surface area contributed by atoms with Crippen molar-refractivity contribution in [3.63, 3.8) is 0 Å². The highest BCUT2D eigenvalue weighted by Gasteiger charge is 2.68. The first-order chi connectivity index (χ1) is 9.46. The lowest BCUT2D eigenvalue weighted by atomic mass is 9.59. The van der Waals surface area contributed by atoms with E-state index in [1.807, 2.05) is 14.0 Å². The number of ether oxygens (including phenoxy) is 1. The maximum Gasteiger partial charge on any atom is 0.224 e. The smallest absolute Gasteiger partial charge is 0.224 e. The number of carbonyl (C=O) groups excluding carboxylic acids is 1. The normalized spacial score (nSPS) is 54.5. The summed E-state index contributed by atoms with van der Waals surface area (Å²) in [5.74, 6) is 0.663. The molecule has 0 N–H and O–H groups in total. The summed E-state index contributed by atoms with van der Waals surface area (Å²) in [6.07, 6.45) is 4.32. The van der Waals surface area contributed by atoms with Crippen LogP contribution in [0.4, 0.5) is 0 Å². The van der Waals surface area contributed by atoms with Crippen molar-refractivity contribution in [2.24, 2.45) is 17.8 Å². The first-order valence-corrected chi connectivity index (χ1v) is 7.76. The monoisotopic (exact) mass is 281 g/mol. The van der Waals surface area contributed by atoms with Gasteiger partial charge in [0.1, 0.15) is 0 Å². The fraction of sp³-hybridized carbons (Fsp3) is 0.933. The largest absolute Gasteiger partial charge is 0.321 e. The number of likely N-dealkylation sites (N-methyl/N-ethyl adjacent to an activating group) is 1. The van der Waals surface area contributed by atoms with Gasteiger partial charge in [-0.25, -0.2) is 9.78 Å². The summed E-state index contributed by atoms with van der Waals surface area (Å²) in [4.78, 5) is 25.7. The summed E-state index contributed by atoms with van der Waals surface area (Å²) in [7, 11) is 1.84. The minimum Gasteiger partial charge on any atom is -0.321 e. The molecule has 5 nitrogen and oxygen atoms in total. The van der Waals surface area contributed by atoms with E-state index in [0.29, 0.717) is 18.3 Å². The van der Waals surface area contributed by atoms with Crippen LogP contribution < -0.4 is 0 Å². The van der Waals surface area contributed by atoms with E-state index in [1.165, 1.54) is 6.42 Å². The molecule has 5 fully saturated rings. The van der Waals surface area contributed by atoms with Gasteiger partial charge in [0, 0.05) is 25.8 Å². The molecule has 0 aromatic heterocycles. The van der Waals surface area contributed by atoms with Gasteiger partial charge in [-0.05, 0) is 38.0 Å². The Hall–Kier alpha value is -0.650. The van der Waals surface area contributed by atoms with Gasteiger partial charge >= 0.3 is 0 Å². The van der Waals surface area contributed by atoms with Gasteiger partial charge in [0.15, 0.2) is 11.8 Å². The summed E-state index contributed by atoms with van der Waals surface area (Å²) in [6.45, 7) is 4.22. The first-order valence-electron chi connectivity index (χ1n) is 7.76. The second-order valence-corrected chi connectivity index (χ2v) is 7.23. The highest BCUT2D eigenvalue weighted by Crippen LogP contribution is 2.58. The van der Waals surface area contributed by atoms with Crippen molar-refractivity contribution in [1.29, 1.82) is 0 Å². The van der Waals surface area contributed by atoms with Gasteiger partial charge < -0.3 is 9.64 Å². The summed E-state index contributed by atoms with van der Waals surface area (Å²) in [5, 5.41) is 0. The molecule has 1 spiro atoms. The Labute approximate surface area is 119 Å². The summed E-state index contributed by atoms with van der Waals surface area (Å²) >= 11 is 0. The van der Waals surface area contributed by atoms with Gasteiger partial charge in [-0.2, -0.15) is 0 Å². The minimum absolute atomic E-state index is 0.165. The highest BCUT2D eigenvalue weighted by molar-refractivity contribution is 5.78. The van der Waals surface area contributed by atoms with E-state index >= 15 is 0 Å². The van der Waals surface area contributed by atoms with Crippen molar-refractivity contribution in [2.75, 3.05) is 7.05 Å². The van der Waals surface area contributed by atoms with Crippen molar-refractivity contribution in [2.45, 2.75) is 63.6 Å². The molecule has 5 rings (SSSR count). The quantitative estimate of drug-likeness (QED) is 0.638. The Kier molecular flexibility index (Phi) is 2.58. The summed E-state index contributed by atoms with van der Waals surface area (Å²) in [5.41, 5.74) is -0.462. The molecule has 6 atom stereocenters. The Morgan fingerprint density at radius 1 is 1.25 bits per heavy atom. The van der Waals surface area contributed by atoms with Crippen LogP contribution in [0.3, 0.4) is 0 Å². The number of carbonyl (C=O) groups is 1. The van der Waals surface area contributed by atoms with Crippen molar-refractivity contribution >= 4 is 5.91 Å². The van der Waals surface area contributed by atoms with E-state index in [0.717, 1.165) is 19.3 Å². The summed E-state index contributed by atoms with van der Waals surface area (Å²) in [6, 6.07) is 0. The maximum atomic E-state index is 12.3. The lowest BCUT2D eigenvalue weighted by molar-refractivity contribution is -0.545. The molecule has 20 heavy (non-hydrogen) atoms. The molecule has 5 aliphatic rings. The molecular formula is C15H23NO4. The number of rotatable bonds is 0. The molecule has 5 heteroatoms. The number of likely N-dealkylation sites (tertiary alicyclic amines) is 1. The standard InChI is InChI=1S/C15H23NO4/c1-9-4-5-10-8-12(17)16(3)13-15(10)11(9)6-7-14(2,18-13)19-20-15/h9-11,13H,4-8H2,1-3H3/t9-,10+,11+,13-,14+,15+/m1/s1. The van der Waals surface area contributed by atoms with Gasteiger partial charge in [0.2, 0.25) is 11.7 Å². The van der Waals surface area contributed by atoms with Crippen molar-refractivity contribution < 1.29 is 19.3 Å². The van der Waals surface area contributed by atoms with Crippen LogP contribution in [0, 0.1) is 17.8 Å². The third kappa shape index (κ3) is 1.46. The maximum absolute atomic E-state index is 12.3. The molecule has 112 valence electrons. The zero-order valence-electron chi connectivity index (χ0n) is 12.4. The first kappa shape index (κ1) is 13.0. The Morgan fingerprint density at radius 2 is 2.05 bits per heavy atom. The molecule has 1 amide bonds. The van der Waals surface area contributed by atoms with Crippen LogP contribution in [0.15, 0.2) is 0 Å². The van der Waals surface area contributed by atoms with Crippen LogP contribution in [-0.4, -0.2) is 35.5 Å². The molecule has 1 saturated carbocycles. The van der Waals surface area contributed by atoms with Crippen molar-refractivity contribution in [1.82, 2.24) is 4.90 Å². The molecule has 0 aromatic rings. The van der Waals surface area contributed by atoms with Crippen LogP contribution >= 0.6 is 0 Å². The van der Waals surface area contributed by atoms with Crippen molar-refractivity contribution in [3.8, 4) is 0 Å². The van der Waals surface area contributed by atoms with Crippen molar-refractivity contribution in [3.05, 3.63) is 0 Å². The molecule has 4 saturated heterocycles. The zero-order chi connectivity index (χ0) is 14.1. The number of amides is 1. The number of hydrogen-bond acceptors (Lipinski definition) is 4. The highest BCUT2D eigenvalue weighted by atomic mass is 17.3. The average Bonchev–Trinajstić information content (AvgIpc) is 2.65. The molecule has 4 aliphatic heterocycles. The van der Waals surface area contributed by atoms with Crippen LogP contribution in [0.2, 0.25) is 0 Å². The van der Waals surface area contributed by atoms with Gasteiger partial charge in [0.05, 0.1) is 0 Å². The SMILES string of the molecule is C[C@@H]1CC[C@H]2CC(=O)N(C)[C@@H]3O[C@]4(C)CC[C@@H]1[C@@]23OO4. The Morgan fingerprint density at radius 3 is 2.85 bits per heavy atom. The molecule has 2 bridgehead atoms. The molecule has 4 heterocycles. The van der Waals surface area contributed by atoms with E-state index < -0.39 is 11.4 Å². The third-order valence-corrected chi connectivity index (χ3v) is 6.06. The number of hydrogen-bond donors (Lipinski definition) is 0. The lowest BCUT2D eigenvalue weighted by Crippen LogP contribution is -2.72. The Balaban J connectivity index is 1.85. The number of nitrogens with zero attached hydrogens (tertiary/aromatic N) is 1. The molecule has 0 radical (unpaired) electrons. The topological polar surface area (TPSA) is 48.0 Å². The molecular weight excluding hydrogens is 258 g/mol. The Bertz CT molecular complexity index is 451. The van der Waals surface area contributed by atoms with Gasteiger partial charge in [-0.15, -0.1) is 0 Å². The predicted octanol–water partition coefficient (Wildman–Crippen LogP) is 2.06. The van der Waals surface area contributed by atoms with Crippen LogP contribution in [0.1, 0.15) is 46.0 Å². The fourth-order valence-corrected chi connectivity index (χ4v) is 4.86. The van der Waals surface area contributed by atoms with E-state index in [1.54, 1.807) is 4.90 Å². The predicted molar refractivity (Wildman–Crippen MR) is 70.2 cm³/mol. The minimum atomic E-state index is -0.719. The second kappa shape index (κ2) is 3.96. The van der Waals surface area contributed by atoms with Gasteiger partial charge in [0.25, 0.3) is 0 Å². The van der Waals surface area contributed by atoms with E-state index in [9.17, 15) is 4.79 Å². The zero-order valence-corrected chi connectivity index (χ0v) is 12.4. The molecule has 1 aliphatic carbocycles. The van der Waals surface area contributed by atoms with E-state index in [-0.39, 0.29) is 18.1 Å². The van der Waals surface area contributed by atoms with Crippen LogP contribution in [-0.2, 0) is 19.3 Å². The molecule has 0 aromatic carbocycles. The van der Waals surface area contributed by atoms with E-state index in [4.69, 9.17) is 14.5 Å². The van der Waals surface area contributed by atoms with Crippen LogP contribution in [0.25, 0.3) is 0 Å². The van der Waals surface area contributed by atoms with Gasteiger partial charge in [-0.1, -0.05) is 6.92 Å². The lowest BCUT2D eigenvalue weighted by Gasteiger charge is -2.59. The fourth-order valence-electron chi connectivity index (χ4n) is 4.86. The number of fused-ring (bicyclic) bond motifs is 2. The number of piperidine rings is 1. The average molecular weight is 281 g/mol.